The topological polar surface area (TPSA) is 29.5 Å². The molecule has 1 N–H and O–H groups in total. The van der Waals surface area contributed by atoms with Gasteiger partial charge in [-0.05, 0) is 11.3 Å². The molecule has 2 bridgehead atoms. The van der Waals surface area contributed by atoms with Crippen molar-refractivity contribution in [2.24, 2.45) is 23.2 Å². The van der Waals surface area contributed by atoms with E-state index in [1.54, 1.807) is 0 Å². The number of hydrogen-bond acceptors (Lipinski definition) is 2. The van der Waals surface area contributed by atoms with Crippen molar-refractivity contribution in [3.63, 3.8) is 0 Å². The van der Waals surface area contributed by atoms with Gasteiger partial charge in [-0.15, -0.1) is 0 Å². The Morgan fingerprint density at radius 3 is 2.33 bits per heavy atom. The summed E-state index contributed by atoms with van der Waals surface area (Å²) in [6, 6.07) is 0. The number of allylic oxidation sites excluding steroid dienone is 1. The Balaban J connectivity index is 2.28. The number of hydrogen-bond donors (Lipinski definition) is 1. The molecule has 0 aromatic carbocycles. The highest BCUT2D eigenvalue weighted by Gasteiger charge is 2.59. The molecule has 3 rings (SSSR count). The summed E-state index contributed by atoms with van der Waals surface area (Å²) >= 11 is 0. The van der Waals surface area contributed by atoms with Gasteiger partial charge in [-0.25, -0.2) is 4.89 Å². The van der Waals surface area contributed by atoms with Crippen LogP contribution in [0.25, 0.3) is 0 Å². The molecule has 4 unspecified atom stereocenters. The van der Waals surface area contributed by atoms with Gasteiger partial charge < -0.3 is 0 Å². The summed E-state index contributed by atoms with van der Waals surface area (Å²) in [4.78, 5) is 4.51. The van der Waals surface area contributed by atoms with E-state index in [2.05, 4.69) is 37.8 Å². The van der Waals surface area contributed by atoms with Crippen LogP contribution in [0.3, 0.4) is 0 Å². The predicted molar refractivity (Wildman–Crippen MR) is 46.6 cm³/mol. The molecule has 0 aliphatic heterocycles. The van der Waals surface area contributed by atoms with E-state index in [1.165, 1.54) is 0 Å². The van der Waals surface area contributed by atoms with Gasteiger partial charge in [0.1, 0.15) is 6.10 Å². The second kappa shape index (κ2) is 2.33. The van der Waals surface area contributed by atoms with Gasteiger partial charge in [0.05, 0.1) is 0 Å². The lowest BCUT2D eigenvalue weighted by atomic mass is 9.47. The summed E-state index contributed by atoms with van der Waals surface area (Å²) in [5.74, 6) is 1.42. The van der Waals surface area contributed by atoms with E-state index < -0.39 is 0 Å². The molecule has 0 radical (unpaired) electrons. The maximum atomic E-state index is 8.71. The van der Waals surface area contributed by atoms with Crippen LogP contribution in [0.15, 0.2) is 12.2 Å². The second-order valence-electron chi connectivity index (χ2n) is 4.69. The summed E-state index contributed by atoms with van der Waals surface area (Å²) in [5.41, 5.74) is 0.307. The van der Waals surface area contributed by atoms with Crippen LogP contribution in [-0.4, -0.2) is 11.4 Å². The van der Waals surface area contributed by atoms with E-state index in [-0.39, 0.29) is 6.10 Å². The Kier molecular flexibility index (Phi) is 1.61. The minimum absolute atomic E-state index is 0.0417. The fourth-order valence-electron chi connectivity index (χ4n) is 3.05. The molecule has 3 aliphatic rings. The SMILES string of the molecule is CC1C=CC2C(OO)C1C2(C)C. The van der Waals surface area contributed by atoms with Crippen LogP contribution in [0.2, 0.25) is 0 Å². The first-order valence-corrected chi connectivity index (χ1v) is 4.57. The molecular weight excluding hydrogens is 152 g/mol. The normalized spacial score (nSPS) is 48.7. The molecule has 4 atom stereocenters. The predicted octanol–water partition coefficient (Wildman–Crippen LogP) is 2.32. The van der Waals surface area contributed by atoms with E-state index in [9.17, 15) is 0 Å². The Labute approximate surface area is 73.2 Å². The molecule has 2 nitrogen and oxygen atoms in total. The van der Waals surface area contributed by atoms with E-state index >= 15 is 0 Å². The first-order valence-electron chi connectivity index (χ1n) is 4.57. The fourth-order valence-corrected chi connectivity index (χ4v) is 3.05. The Bertz CT molecular complexity index is 220. The van der Waals surface area contributed by atoms with Crippen LogP contribution in [0.5, 0.6) is 0 Å². The third kappa shape index (κ3) is 0.771. The van der Waals surface area contributed by atoms with E-state index in [4.69, 9.17) is 5.26 Å². The molecule has 1 saturated carbocycles. The highest BCUT2D eigenvalue weighted by molar-refractivity contribution is 5.20. The first-order chi connectivity index (χ1) is 5.59. The largest absolute Gasteiger partial charge is 0.252 e. The van der Waals surface area contributed by atoms with Crippen LogP contribution in [0.1, 0.15) is 20.8 Å². The summed E-state index contributed by atoms with van der Waals surface area (Å²) in [7, 11) is 0. The quantitative estimate of drug-likeness (QED) is 0.370. The Morgan fingerprint density at radius 2 is 2.00 bits per heavy atom. The lowest BCUT2D eigenvalue weighted by Crippen LogP contribution is -2.61. The molecule has 1 fully saturated rings. The van der Waals surface area contributed by atoms with Gasteiger partial charge in [0.25, 0.3) is 0 Å². The second-order valence-corrected chi connectivity index (χ2v) is 4.69. The van der Waals surface area contributed by atoms with Gasteiger partial charge in [0, 0.05) is 11.8 Å². The molecule has 0 amide bonds. The van der Waals surface area contributed by atoms with Gasteiger partial charge in [-0.3, -0.25) is 5.26 Å². The van der Waals surface area contributed by atoms with Crippen molar-refractivity contribution in [1.82, 2.24) is 0 Å². The maximum Gasteiger partial charge on any atom is 0.103 e. The molecule has 0 heterocycles. The molecule has 0 aromatic rings. The average Bonchev–Trinajstić information content (AvgIpc) is 2.01. The molecule has 2 heteroatoms. The van der Waals surface area contributed by atoms with Crippen molar-refractivity contribution in [1.29, 1.82) is 0 Å². The summed E-state index contributed by atoms with van der Waals surface area (Å²) in [5, 5.41) is 8.71. The van der Waals surface area contributed by atoms with Crippen molar-refractivity contribution in [3.05, 3.63) is 12.2 Å². The summed E-state index contributed by atoms with van der Waals surface area (Å²) in [6.07, 6.45) is 4.46. The highest BCUT2D eigenvalue weighted by atomic mass is 17.1. The Morgan fingerprint density at radius 1 is 1.33 bits per heavy atom. The van der Waals surface area contributed by atoms with Crippen LogP contribution in [0, 0.1) is 23.2 Å². The van der Waals surface area contributed by atoms with Gasteiger partial charge in [0.15, 0.2) is 0 Å². The van der Waals surface area contributed by atoms with Gasteiger partial charge in [-0.2, -0.15) is 0 Å². The van der Waals surface area contributed by atoms with Gasteiger partial charge in [-0.1, -0.05) is 32.9 Å². The zero-order valence-corrected chi connectivity index (χ0v) is 7.82. The fraction of sp³-hybridized carbons (Fsp3) is 0.800. The van der Waals surface area contributed by atoms with Gasteiger partial charge in [0.2, 0.25) is 0 Å². The zero-order valence-electron chi connectivity index (χ0n) is 7.82. The maximum absolute atomic E-state index is 8.71. The number of fused-ring (bicyclic) bond motifs is 1. The van der Waals surface area contributed by atoms with Crippen molar-refractivity contribution in [2.75, 3.05) is 0 Å². The average molecular weight is 168 g/mol. The molecule has 0 saturated heterocycles. The monoisotopic (exact) mass is 168 g/mol. The van der Waals surface area contributed by atoms with Crippen LogP contribution in [-0.2, 0) is 4.89 Å². The van der Waals surface area contributed by atoms with E-state index in [0.717, 1.165) is 0 Å². The van der Waals surface area contributed by atoms with Crippen LogP contribution in [0.4, 0.5) is 0 Å². The lowest BCUT2D eigenvalue weighted by Gasteiger charge is -2.60. The van der Waals surface area contributed by atoms with Crippen LogP contribution >= 0.6 is 0 Å². The lowest BCUT2D eigenvalue weighted by molar-refractivity contribution is -0.353. The van der Waals surface area contributed by atoms with E-state index in [1.807, 2.05) is 0 Å². The van der Waals surface area contributed by atoms with Crippen molar-refractivity contribution in [2.45, 2.75) is 26.9 Å². The molecule has 12 heavy (non-hydrogen) atoms. The Hall–Kier alpha value is -0.340. The van der Waals surface area contributed by atoms with Crippen molar-refractivity contribution < 1.29 is 10.1 Å². The third-order valence-electron chi connectivity index (χ3n) is 3.74. The highest BCUT2D eigenvalue weighted by Crippen LogP contribution is 2.59. The van der Waals surface area contributed by atoms with E-state index in [0.29, 0.717) is 23.2 Å². The molecule has 0 spiro atoms. The first kappa shape index (κ1) is 8.27. The molecule has 68 valence electrons. The molecule has 0 aromatic heterocycles. The summed E-state index contributed by atoms with van der Waals surface area (Å²) in [6.45, 7) is 6.68. The third-order valence-corrected chi connectivity index (χ3v) is 3.74. The van der Waals surface area contributed by atoms with Crippen molar-refractivity contribution in [3.8, 4) is 0 Å². The minimum Gasteiger partial charge on any atom is -0.252 e. The zero-order chi connectivity index (χ0) is 8.93. The minimum atomic E-state index is 0.0417. The van der Waals surface area contributed by atoms with Crippen molar-refractivity contribution >= 4 is 0 Å². The van der Waals surface area contributed by atoms with Gasteiger partial charge >= 0.3 is 0 Å². The standard InChI is InChI=1S/C10H16O2/c1-6-4-5-7-9(12-11)8(6)10(7,2)3/h4-9,11H,1-3H3. The molecular formula is C10H16O2. The molecule has 3 aliphatic carbocycles. The summed E-state index contributed by atoms with van der Waals surface area (Å²) < 4.78 is 0. The number of rotatable bonds is 1. The van der Waals surface area contributed by atoms with Crippen LogP contribution < -0.4 is 0 Å². The smallest absolute Gasteiger partial charge is 0.103 e.